The molecule has 2 aromatic rings. The van der Waals surface area contributed by atoms with E-state index in [1.165, 1.54) is 0 Å². The number of aromatic amines is 2. The molecule has 2 heterocycles. The molecule has 1 aliphatic heterocycles. The summed E-state index contributed by atoms with van der Waals surface area (Å²) in [6.07, 6.45) is 2.09. The lowest BCUT2D eigenvalue weighted by atomic mass is 9.77. The van der Waals surface area contributed by atoms with Crippen LogP contribution in [0.15, 0.2) is 34.3 Å². The molecular formula is C16H13Cl2N3O2. The van der Waals surface area contributed by atoms with Crippen molar-refractivity contribution in [3.63, 3.8) is 0 Å². The quantitative estimate of drug-likeness (QED) is 0.736. The topological polar surface area (TPSA) is 77.8 Å². The average molecular weight is 350 g/mol. The number of allylic oxidation sites excluding steroid dienone is 2. The van der Waals surface area contributed by atoms with E-state index >= 15 is 0 Å². The zero-order chi connectivity index (χ0) is 16.1. The maximum absolute atomic E-state index is 12.5. The van der Waals surface area contributed by atoms with Crippen LogP contribution in [0, 0.1) is 0 Å². The van der Waals surface area contributed by atoms with Gasteiger partial charge >= 0.3 is 0 Å². The van der Waals surface area contributed by atoms with E-state index in [1.807, 2.05) is 6.07 Å². The number of rotatable bonds is 1. The highest BCUT2D eigenvalue weighted by Gasteiger charge is 2.37. The summed E-state index contributed by atoms with van der Waals surface area (Å²) in [6.45, 7) is 0. The number of halogens is 2. The van der Waals surface area contributed by atoms with Crippen molar-refractivity contribution in [3.8, 4) is 0 Å². The molecule has 118 valence electrons. The summed E-state index contributed by atoms with van der Waals surface area (Å²) >= 11 is 12.1. The van der Waals surface area contributed by atoms with E-state index < -0.39 is 5.92 Å². The number of benzene rings is 1. The number of H-pyrrole nitrogens is 2. The van der Waals surface area contributed by atoms with Crippen LogP contribution in [0.3, 0.4) is 0 Å². The first kappa shape index (κ1) is 14.6. The highest BCUT2D eigenvalue weighted by Crippen LogP contribution is 2.44. The molecule has 7 heteroatoms. The molecule has 0 radical (unpaired) electrons. The third-order valence-electron chi connectivity index (χ3n) is 4.40. The number of anilines is 1. The third-order valence-corrected chi connectivity index (χ3v) is 5.14. The largest absolute Gasteiger partial charge is 0.343 e. The Bertz CT molecular complexity index is 910. The molecular weight excluding hydrogens is 337 g/mol. The Morgan fingerprint density at radius 2 is 1.87 bits per heavy atom. The van der Waals surface area contributed by atoms with Gasteiger partial charge in [0.2, 0.25) is 0 Å². The van der Waals surface area contributed by atoms with Crippen LogP contribution in [0.4, 0.5) is 5.82 Å². The van der Waals surface area contributed by atoms with Crippen molar-refractivity contribution in [1.29, 1.82) is 0 Å². The fourth-order valence-electron chi connectivity index (χ4n) is 3.39. The van der Waals surface area contributed by atoms with E-state index in [9.17, 15) is 9.59 Å². The van der Waals surface area contributed by atoms with Gasteiger partial charge in [-0.3, -0.25) is 19.8 Å². The lowest BCUT2D eigenvalue weighted by Gasteiger charge is -2.31. The normalized spacial score (nSPS) is 20.1. The van der Waals surface area contributed by atoms with Crippen LogP contribution < -0.4 is 10.9 Å². The summed E-state index contributed by atoms with van der Waals surface area (Å²) in [7, 11) is 0. The Morgan fingerprint density at radius 3 is 2.65 bits per heavy atom. The number of fused-ring (bicyclic) bond motifs is 1. The van der Waals surface area contributed by atoms with E-state index in [1.54, 1.807) is 12.1 Å². The summed E-state index contributed by atoms with van der Waals surface area (Å²) in [4.78, 5) is 24.8. The molecule has 1 aromatic heterocycles. The SMILES string of the molecule is O=C1CCCC2=C1C(c1ccc(Cl)c(Cl)c1)c1c([nH][nH]c1=O)N2. The molecule has 0 spiro atoms. The number of nitrogens with one attached hydrogen (secondary N) is 3. The molecule has 3 N–H and O–H groups in total. The Kier molecular flexibility index (Phi) is 3.36. The number of carbonyl (C=O) groups is 1. The van der Waals surface area contributed by atoms with Gasteiger partial charge < -0.3 is 5.32 Å². The van der Waals surface area contributed by atoms with Crippen molar-refractivity contribution in [2.45, 2.75) is 25.2 Å². The molecule has 5 nitrogen and oxygen atoms in total. The number of aromatic nitrogens is 2. The van der Waals surface area contributed by atoms with Crippen molar-refractivity contribution in [1.82, 2.24) is 10.2 Å². The van der Waals surface area contributed by atoms with Gasteiger partial charge in [-0.15, -0.1) is 0 Å². The number of hydrogen-bond acceptors (Lipinski definition) is 3. The van der Waals surface area contributed by atoms with Gasteiger partial charge in [-0.25, -0.2) is 0 Å². The molecule has 1 aromatic carbocycles. The van der Waals surface area contributed by atoms with Gasteiger partial charge in [-0.2, -0.15) is 0 Å². The Hall–Kier alpha value is -1.98. The van der Waals surface area contributed by atoms with Crippen molar-refractivity contribution in [3.05, 3.63) is 61.0 Å². The van der Waals surface area contributed by atoms with Crippen LogP contribution in [0.25, 0.3) is 0 Å². The molecule has 0 saturated heterocycles. The molecule has 1 aliphatic carbocycles. The van der Waals surface area contributed by atoms with Gasteiger partial charge in [0.05, 0.1) is 15.6 Å². The first-order chi connectivity index (χ1) is 11.1. The number of hydrogen-bond donors (Lipinski definition) is 3. The predicted molar refractivity (Wildman–Crippen MR) is 89.2 cm³/mol. The molecule has 1 unspecified atom stereocenters. The maximum atomic E-state index is 12.5. The van der Waals surface area contributed by atoms with Crippen molar-refractivity contribution < 1.29 is 4.79 Å². The third kappa shape index (κ3) is 2.23. The first-order valence-corrected chi connectivity index (χ1v) is 8.10. The molecule has 1 atom stereocenters. The molecule has 4 rings (SSSR count). The summed E-state index contributed by atoms with van der Waals surface area (Å²) in [5, 5.41) is 9.47. The Balaban J connectivity index is 1.97. The van der Waals surface area contributed by atoms with Crippen molar-refractivity contribution in [2.24, 2.45) is 0 Å². The molecule has 0 saturated carbocycles. The summed E-state index contributed by atoms with van der Waals surface area (Å²) in [6, 6.07) is 5.23. The number of ketones is 1. The van der Waals surface area contributed by atoms with Gasteiger partial charge in [0.25, 0.3) is 5.56 Å². The number of Topliss-reactive ketones (excluding diaryl/α,β-unsaturated/α-hetero) is 1. The minimum Gasteiger partial charge on any atom is -0.343 e. The van der Waals surface area contributed by atoms with Gasteiger partial charge in [0.1, 0.15) is 5.82 Å². The number of carbonyl (C=O) groups excluding carboxylic acids is 1. The van der Waals surface area contributed by atoms with Gasteiger partial charge in [-0.05, 0) is 30.5 Å². The lowest BCUT2D eigenvalue weighted by Crippen LogP contribution is -2.29. The van der Waals surface area contributed by atoms with Crippen molar-refractivity contribution >= 4 is 34.8 Å². The van der Waals surface area contributed by atoms with E-state index in [-0.39, 0.29) is 11.3 Å². The lowest BCUT2D eigenvalue weighted by molar-refractivity contribution is -0.116. The second-order valence-electron chi connectivity index (χ2n) is 5.77. The van der Waals surface area contributed by atoms with E-state index in [0.29, 0.717) is 33.4 Å². The highest BCUT2D eigenvalue weighted by molar-refractivity contribution is 6.42. The second-order valence-corrected chi connectivity index (χ2v) is 6.58. The van der Waals surface area contributed by atoms with Crippen LogP contribution in [-0.2, 0) is 4.79 Å². The Labute approximate surface area is 141 Å². The minimum absolute atomic E-state index is 0.0704. The monoisotopic (exact) mass is 349 g/mol. The fraction of sp³-hybridized carbons (Fsp3) is 0.250. The van der Waals surface area contributed by atoms with Crippen LogP contribution in [0.1, 0.15) is 36.3 Å². The molecule has 2 aliphatic rings. The van der Waals surface area contributed by atoms with Gasteiger partial charge in [0, 0.05) is 23.6 Å². The van der Waals surface area contributed by atoms with Crippen LogP contribution in [0.2, 0.25) is 10.0 Å². The second kappa shape index (κ2) is 5.28. The summed E-state index contributed by atoms with van der Waals surface area (Å²) in [5.74, 6) is 0.249. The van der Waals surface area contributed by atoms with E-state index in [0.717, 1.165) is 24.1 Å². The van der Waals surface area contributed by atoms with E-state index in [2.05, 4.69) is 15.5 Å². The molecule has 0 bridgehead atoms. The summed E-state index contributed by atoms with van der Waals surface area (Å²) < 4.78 is 0. The highest BCUT2D eigenvalue weighted by atomic mass is 35.5. The summed E-state index contributed by atoms with van der Waals surface area (Å²) in [5.41, 5.74) is 2.59. The smallest absolute Gasteiger partial charge is 0.270 e. The fourth-order valence-corrected chi connectivity index (χ4v) is 3.70. The first-order valence-electron chi connectivity index (χ1n) is 7.35. The van der Waals surface area contributed by atoms with Crippen LogP contribution in [-0.4, -0.2) is 16.0 Å². The molecule has 0 amide bonds. The molecule has 0 fully saturated rings. The van der Waals surface area contributed by atoms with Gasteiger partial charge in [-0.1, -0.05) is 29.3 Å². The average Bonchev–Trinajstić information content (AvgIpc) is 2.90. The van der Waals surface area contributed by atoms with Crippen LogP contribution in [0.5, 0.6) is 0 Å². The zero-order valence-electron chi connectivity index (χ0n) is 12.0. The van der Waals surface area contributed by atoms with Gasteiger partial charge in [0.15, 0.2) is 5.78 Å². The van der Waals surface area contributed by atoms with E-state index in [4.69, 9.17) is 23.2 Å². The Morgan fingerprint density at radius 1 is 1.04 bits per heavy atom. The minimum atomic E-state index is -0.432. The zero-order valence-corrected chi connectivity index (χ0v) is 13.5. The molecule has 23 heavy (non-hydrogen) atoms. The predicted octanol–water partition coefficient (Wildman–Crippen LogP) is 3.57. The maximum Gasteiger partial charge on any atom is 0.270 e. The van der Waals surface area contributed by atoms with Crippen molar-refractivity contribution in [2.75, 3.05) is 5.32 Å². The van der Waals surface area contributed by atoms with Crippen LogP contribution >= 0.6 is 23.2 Å². The standard InChI is InChI=1S/C16H13Cl2N3O2/c17-8-5-4-7(6-9(8)18)12-13-10(2-1-3-11(13)22)19-15-14(12)16(23)21-20-15/h4-6,12H,1-3H2,(H3,19,20,21,23).